The Morgan fingerprint density at radius 3 is 2.80 bits per heavy atom. The molecule has 0 saturated heterocycles. The quantitative estimate of drug-likeness (QED) is 0.735. The number of rotatable bonds is 4. The highest BCUT2D eigenvalue weighted by atomic mass is 16.5. The van der Waals surface area contributed by atoms with Crippen molar-refractivity contribution in [3.63, 3.8) is 0 Å². The molecule has 0 saturated carbocycles. The van der Waals surface area contributed by atoms with Crippen LogP contribution >= 0.6 is 0 Å². The minimum Gasteiger partial charge on any atom is -0.493 e. The molecule has 0 atom stereocenters. The number of carbonyl (C=O) groups is 1. The van der Waals surface area contributed by atoms with Crippen LogP contribution in [-0.2, 0) is 0 Å². The lowest BCUT2D eigenvalue weighted by Gasteiger charge is -2.10. The minimum atomic E-state index is -0.138. The van der Waals surface area contributed by atoms with Gasteiger partial charge in [-0.15, -0.1) is 0 Å². The summed E-state index contributed by atoms with van der Waals surface area (Å²) in [5.41, 5.74) is 6.73. The van der Waals surface area contributed by atoms with E-state index in [4.69, 9.17) is 10.5 Å². The van der Waals surface area contributed by atoms with E-state index in [1.54, 1.807) is 18.2 Å². The monoisotopic (exact) mass is 208 g/mol. The second-order valence-electron chi connectivity index (χ2n) is 3.05. The van der Waals surface area contributed by atoms with Crippen LogP contribution in [0.1, 0.15) is 24.2 Å². The van der Waals surface area contributed by atoms with E-state index in [2.05, 4.69) is 5.32 Å². The van der Waals surface area contributed by atoms with Crippen LogP contribution in [0, 0.1) is 0 Å². The van der Waals surface area contributed by atoms with E-state index in [9.17, 15) is 4.79 Å². The Morgan fingerprint density at radius 1 is 1.47 bits per heavy atom. The normalized spacial score (nSPS) is 9.73. The summed E-state index contributed by atoms with van der Waals surface area (Å²) in [6.07, 6.45) is 0. The van der Waals surface area contributed by atoms with Gasteiger partial charge in [-0.25, -0.2) is 0 Å². The largest absolute Gasteiger partial charge is 0.493 e. The van der Waals surface area contributed by atoms with E-state index in [0.29, 0.717) is 30.2 Å². The summed E-state index contributed by atoms with van der Waals surface area (Å²) in [6, 6.07) is 5.02. The summed E-state index contributed by atoms with van der Waals surface area (Å²) >= 11 is 0. The smallest absolute Gasteiger partial charge is 0.255 e. The van der Waals surface area contributed by atoms with Crippen LogP contribution in [0.5, 0.6) is 5.75 Å². The van der Waals surface area contributed by atoms with Gasteiger partial charge >= 0.3 is 0 Å². The van der Waals surface area contributed by atoms with E-state index in [1.165, 1.54) is 0 Å². The van der Waals surface area contributed by atoms with Gasteiger partial charge in [0.2, 0.25) is 0 Å². The first-order valence-corrected chi connectivity index (χ1v) is 4.99. The Morgan fingerprint density at radius 2 is 2.20 bits per heavy atom. The van der Waals surface area contributed by atoms with Crippen molar-refractivity contribution in [1.29, 1.82) is 0 Å². The topological polar surface area (TPSA) is 64.4 Å². The number of nitrogens with one attached hydrogen (secondary N) is 1. The predicted molar refractivity (Wildman–Crippen MR) is 60.0 cm³/mol. The lowest BCUT2D eigenvalue weighted by atomic mass is 10.1. The molecule has 15 heavy (non-hydrogen) atoms. The van der Waals surface area contributed by atoms with Gasteiger partial charge in [-0.2, -0.15) is 0 Å². The fraction of sp³-hybridized carbons (Fsp3) is 0.364. The summed E-state index contributed by atoms with van der Waals surface area (Å²) in [4.78, 5) is 11.6. The van der Waals surface area contributed by atoms with Gasteiger partial charge in [0.05, 0.1) is 12.2 Å². The standard InChI is InChI=1S/C11H16N2O2/c1-3-13-11(14)9-6-5-8(12)7-10(9)15-4-2/h5-7H,3-4,12H2,1-2H3,(H,13,14). The summed E-state index contributed by atoms with van der Waals surface area (Å²) in [7, 11) is 0. The minimum absolute atomic E-state index is 0.138. The second-order valence-corrected chi connectivity index (χ2v) is 3.05. The van der Waals surface area contributed by atoms with Crippen molar-refractivity contribution in [2.45, 2.75) is 13.8 Å². The number of nitrogens with two attached hydrogens (primary N) is 1. The van der Waals surface area contributed by atoms with Gasteiger partial charge in [-0.05, 0) is 26.0 Å². The molecule has 4 nitrogen and oxygen atoms in total. The van der Waals surface area contributed by atoms with Gasteiger partial charge in [-0.3, -0.25) is 4.79 Å². The molecule has 1 rings (SSSR count). The van der Waals surface area contributed by atoms with Gasteiger partial charge in [0.1, 0.15) is 5.75 Å². The Balaban J connectivity index is 2.99. The first-order chi connectivity index (χ1) is 7.19. The van der Waals surface area contributed by atoms with Crippen LogP contribution in [0.2, 0.25) is 0 Å². The second kappa shape index (κ2) is 5.24. The average molecular weight is 208 g/mol. The Kier molecular flexibility index (Phi) is 3.97. The maximum absolute atomic E-state index is 11.6. The first kappa shape index (κ1) is 11.4. The van der Waals surface area contributed by atoms with Crippen LogP contribution in [0.4, 0.5) is 5.69 Å². The van der Waals surface area contributed by atoms with Gasteiger partial charge < -0.3 is 15.8 Å². The average Bonchev–Trinajstić information content (AvgIpc) is 2.18. The van der Waals surface area contributed by atoms with E-state index < -0.39 is 0 Å². The van der Waals surface area contributed by atoms with Crippen molar-refractivity contribution in [2.75, 3.05) is 18.9 Å². The number of benzene rings is 1. The highest BCUT2D eigenvalue weighted by molar-refractivity contribution is 5.97. The third-order valence-electron chi connectivity index (χ3n) is 1.89. The molecule has 1 aromatic rings. The van der Waals surface area contributed by atoms with E-state index >= 15 is 0 Å². The summed E-state index contributed by atoms with van der Waals surface area (Å²) in [5.74, 6) is 0.393. The molecular weight excluding hydrogens is 192 g/mol. The van der Waals surface area contributed by atoms with Crippen molar-refractivity contribution in [3.8, 4) is 5.75 Å². The fourth-order valence-corrected chi connectivity index (χ4v) is 1.26. The number of carbonyl (C=O) groups excluding carboxylic acids is 1. The summed E-state index contributed by atoms with van der Waals surface area (Å²) in [5, 5.41) is 2.72. The molecule has 1 amide bonds. The van der Waals surface area contributed by atoms with Crippen LogP contribution in [-0.4, -0.2) is 19.1 Å². The van der Waals surface area contributed by atoms with E-state index in [1.807, 2.05) is 13.8 Å². The maximum atomic E-state index is 11.6. The molecule has 0 aliphatic carbocycles. The van der Waals surface area contributed by atoms with E-state index in [0.717, 1.165) is 0 Å². The van der Waals surface area contributed by atoms with E-state index in [-0.39, 0.29) is 5.91 Å². The van der Waals surface area contributed by atoms with Crippen molar-refractivity contribution >= 4 is 11.6 Å². The molecule has 0 radical (unpaired) electrons. The number of hydrogen-bond donors (Lipinski definition) is 2. The molecule has 0 aliphatic heterocycles. The fourth-order valence-electron chi connectivity index (χ4n) is 1.26. The predicted octanol–water partition coefficient (Wildman–Crippen LogP) is 1.42. The number of nitrogen functional groups attached to an aromatic ring is 1. The molecule has 82 valence electrons. The lowest BCUT2D eigenvalue weighted by molar-refractivity contribution is 0.0952. The summed E-state index contributed by atoms with van der Waals surface area (Å²) in [6.45, 7) is 4.84. The van der Waals surface area contributed by atoms with Crippen LogP contribution in [0.15, 0.2) is 18.2 Å². The molecule has 0 unspecified atom stereocenters. The number of anilines is 1. The molecule has 1 aromatic carbocycles. The van der Waals surface area contributed by atoms with Gasteiger partial charge in [0.25, 0.3) is 5.91 Å². The van der Waals surface area contributed by atoms with Gasteiger partial charge in [0.15, 0.2) is 0 Å². The van der Waals surface area contributed by atoms with Crippen molar-refractivity contribution in [2.24, 2.45) is 0 Å². The summed E-state index contributed by atoms with van der Waals surface area (Å²) < 4.78 is 5.34. The third kappa shape index (κ3) is 2.87. The zero-order chi connectivity index (χ0) is 11.3. The Bertz CT molecular complexity index is 350. The van der Waals surface area contributed by atoms with Crippen molar-refractivity contribution in [3.05, 3.63) is 23.8 Å². The highest BCUT2D eigenvalue weighted by Crippen LogP contribution is 2.21. The van der Waals surface area contributed by atoms with Crippen LogP contribution in [0.3, 0.4) is 0 Å². The molecule has 0 bridgehead atoms. The zero-order valence-electron chi connectivity index (χ0n) is 9.04. The van der Waals surface area contributed by atoms with Crippen LogP contribution in [0.25, 0.3) is 0 Å². The third-order valence-corrected chi connectivity index (χ3v) is 1.89. The molecule has 0 aromatic heterocycles. The van der Waals surface area contributed by atoms with Crippen molar-refractivity contribution in [1.82, 2.24) is 5.32 Å². The SMILES string of the molecule is CCNC(=O)c1ccc(N)cc1OCC. The molecule has 0 fully saturated rings. The molecule has 4 heteroatoms. The molecule has 0 spiro atoms. The highest BCUT2D eigenvalue weighted by Gasteiger charge is 2.11. The maximum Gasteiger partial charge on any atom is 0.255 e. The Hall–Kier alpha value is -1.71. The number of amides is 1. The number of hydrogen-bond acceptors (Lipinski definition) is 3. The Labute approximate surface area is 89.4 Å². The number of ether oxygens (including phenoxy) is 1. The first-order valence-electron chi connectivity index (χ1n) is 4.99. The van der Waals surface area contributed by atoms with Crippen LogP contribution < -0.4 is 15.8 Å². The van der Waals surface area contributed by atoms with Crippen molar-refractivity contribution < 1.29 is 9.53 Å². The lowest BCUT2D eigenvalue weighted by Crippen LogP contribution is -2.23. The molecular formula is C11H16N2O2. The van der Waals surface area contributed by atoms with Gasteiger partial charge in [-0.1, -0.05) is 0 Å². The molecule has 3 N–H and O–H groups in total. The molecule has 0 heterocycles. The molecule has 0 aliphatic rings. The zero-order valence-corrected chi connectivity index (χ0v) is 9.04. The van der Waals surface area contributed by atoms with Gasteiger partial charge in [0, 0.05) is 18.3 Å².